The van der Waals surface area contributed by atoms with Crippen molar-refractivity contribution in [3.8, 4) is 0 Å². The first-order valence-electron chi connectivity index (χ1n) is 7.39. The second kappa shape index (κ2) is 7.71. The van der Waals surface area contributed by atoms with Gasteiger partial charge in [0, 0.05) is 13.1 Å². The van der Waals surface area contributed by atoms with Crippen LogP contribution in [-0.4, -0.2) is 19.0 Å². The minimum Gasteiger partial charge on any atom is -0.355 e. The highest BCUT2D eigenvalue weighted by atomic mass is 19.1. The number of aryl methyl sites for hydroxylation is 1. The van der Waals surface area contributed by atoms with Crippen molar-refractivity contribution in [2.45, 2.75) is 19.3 Å². The molecule has 0 fully saturated rings. The third-order valence-corrected chi connectivity index (χ3v) is 3.75. The second-order valence-corrected chi connectivity index (χ2v) is 5.31. The van der Waals surface area contributed by atoms with Crippen LogP contribution < -0.4 is 11.1 Å². The Balaban J connectivity index is 1.92. The van der Waals surface area contributed by atoms with Gasteiger partial charge in [0.25, 0.3) is 0 Å². The summed E-state index contributed by atoms with van der Waals surface area (Å²) in [4.78, 5) is 12.3. The van der Waals surface area contributed by atoms with Gasteiger partial charge in [0.15, 0.2) is 0 Å². The summed E-state index contributed by atoms with van der Waals surface area (Å²) in [6, 6.07) is 14.2. The van der Waals surface area contributed by atoms with Gasteiger partial charge in [0.1, 0.15) is 5.82 Å². The summed E-state index contributed by atoms with van der Waals surface area (Å²) in [5.41, 5.74) is 8.57. The van der Waals surface area contributed by atoms with Gasteiger partial charge in [0.05, 0.1) is 5.92 Å². The van der Waals surface area contributed by atoms with Crippen LogP contribution in [0.3, 0.4) is 0 Å². The van der Waals surface area contributed by atoms with Gasteiger partial charge >= 0.3 is 0 Å². The zero-order chi connectivity index (χ0) is 15.9. The van der Waals surface area contributed by atoms with Crippen LogP contribution in [0.4, 0.5) is 4.39 Å². The summed E-state index contributed by atoms with van der Waals surface area (Å²) in [5.74, 6) is -0.651. The predicted octanol–water partition coefficient (Wildman–Crippen LogP) is 2.54. The summed E-state index contributed by atoms with van der Waals surface area (Å²) in [6.07, 6.45) is 0.671. The molecule has 0 spiro atoms. The van der Waals surface area contributed by atoms with Crippen molar-refractivity contribution in [2.75, 3.05) is 13.1 Å². The van der Waals surface area contributed by atoms with E-state index in [9.17, 15) is 9.18 Å². The molecule has 3 N–H and O–H groups in total. The Labute approximate surface area is 130 Å². The third kappa shape index (κ3) is 4.15. The first-order chi connectivity index (χ1) is 10.6. The van der Waals surface area contributed by atoms with Gasteiger partial charge in [-0.3, -0.25) is 4.79 Å². The van der Waals surface area contributed by atoms with E-state index in [0.29, 0.717) is 13.0 Å². The van der Waals surface area contributed by atoms with Crippen molar-refractivity contribution in [1.29, 1.82) is 0 Å². The Morgan fingerprint density at radius 2 is 1.95 bits per heavy atom. The zero-order valence-corrected chi connectivity index (χ0v) is 12.7. The molecule has 22 heavy (non-hydrogen) atoms. The molecular weight excluding hydrogens is 279 g/mol. The van der Waals surface area contributed by atoms with Gasteiger partial charge in [-0.15, -0.1) is 0 Å². The molecule has 0 radical (unpaired) electrons. The molecule has 0 saturated carbocycles. The summed E-state index contributed by atoms with van der Waals surface area (Å²) in [6.45, 7) is 2.65. The topological polar surface area (TPSA) is 55.1 Å². The molecule has 2 rings (SSSR count). The molecule has 116 valence electrons. The zero-order valence-electron chi connectivity index (χ0n) is 12.7. The minimum atomic E-state index is -0.337. The van der Waals surface area contributed by atoms with Crippen molar-refractivity contribution in [3.63, 3.8) is 0 Å². The number of carbonyl (C=O) groups excluding carboxylic acids is 1. The van der Waals surface area contributed by atoms with E-state index in [1.807, 2.05) is 37.3 Å². The lowest BCUT2D eigenvalue weighted by Gasteiger charge is -2.15. The molecule has 0 aliphatic heterocycles. The largest absolute Gasteiger partial charge is 0.355 e. The molecule has 0 aliphatic carbocycles. The maximum Gasteiger partial charge on any atom is 0.228 e. The Morgan fingerprint density at radius 3 is 2.59 bits per heavy atom. The van der Waals surface area contributed by atoms with Gasteiger partial charge in [-0.25, -0.2) is 4.39 Å². The number of hydrogen-bond acceptors (Lipinski definition) is 2. The number of amides is 1. The number of nitrogens with one attached hydrogen (secondary N) is 1. The maximum atomic E-state index is 13.1. The number of benzene rings is 2. The monoisotopic (exact) mass is 300 g/mol. The average Bonchev–Trinajstić information content (AvgIpc) is 2.51. The van der Waals surface area contributed by atoms with Gasteiger partial charge in [0.2, 0.25) is 5.91 Å². The summed E-state index contributed by atoms with van der Waals surface area (Å²) < 4.78 is 13.1. The molecule has 0 saturated heterocycles. The van der Waals surface area contributed by atoms with Crippen molar-refractivity contribution in [2.24, 2.45) is 5.73 Å². The van der Waals surface area contributed by atoms with E-state index >= 15 is 0 Å². The average molecular weight is 300 g/mol. The number of hydrogen-bond donors (Lipinski definition) is 2. The SMILES string of the molecule is Cc1cc(F)ccc1CCNC(=O)C(CN)c1ccccc1. The molecule has 0 aromatic heterocycles. The van der Waals surface area contributed by atoms with Crippen LogP contribution in [0.1, 0.15) is 22.6 Å². The van der Waals surface area contributed by atoms with Crippen LogP contribution >= 0.6 is 0 Å². The normalized spacial score (nSPS) is 12.0. The Hall–Kier alpha value is -2.20. The first-order valence-corrected chi connectivity index (χ1v) is 7.39. The maximum absolute atomic E-state index is 13.1. The number of nitrogens with two attached hydrogens (primary N) is 1. The molecule has 0 aliphatic rings. The van der Waals surface area contributed by atoms with Crippen molar-refractivity contribution < 1.29 is 9.18 Å². The highest BCUT2D eigenvalue weighted by Crippen LogP contribution is 2.14. The van der Waals surface area contributed by atoms with Gasteiger partial charge in [-0.05, 0) is 42.2 Å². The van der Waals surface area contributed by atoms with Crippen LogP contribution in [0.5, 0.6) is 0 Å². The minimum absolute atomic E-state index is 0.0755. The van der Waals surface area contributed by atoms with E-state index in [1.54, 1.807) is 6.07 Å². The summed E-state index contributed by atoms with van der Waals surface area (Å²) >= 11 is 0. The molecule has 2 aromatic carbocycles. The van der Waals surface area contributed by atoms with E-state index in [1.165, 1.54) is 12.1 Å². The van der Waals surface area contributed by atoms with Crippen LogP contribution in [0.2, 0.25) is 0 Å². The fourth-order valence-electron chi connectivity index (χ4n) is 2.46. The lowest BCUT2D eigenvalue weighted by atomic mass is 9.98. The molecule has 2 aromatic rings. The van der Waals surface area contributed by atoms with Crippen molar-refractivity contribution >= 4 is 5.91 Å². The van der Waals surface area contributed by atoms with E-state index in [4.69, 9.17) is 5.73 Å². The fourth-order valence-corrected chi connectivity index (χ4v) is 2.46. The molecule has 0 heterocycles. The van der Waals surface area contributed by atoms with Crippen LogP contribution in [0.25, 0.3) is 0 Å². The molecule has 3 nitrogen and oxygen atoms in total. The molecule has 1 atom stereocenters. The molecular formula is C18H21FN2O. The Bertz CT molecular complexity index is 628. The Kier molecular flexibility index (Phi) is 5.67. The number of rotatable bonds is 6. The fraction of sp³-hybridized carbons (Fsp3) is 0.278. The van der Waals surface area contributed by atoms with Gasteiger partial charge < -0.3 is 11.1 Å². The standard InChI is InChI=1S/C18H21FN2O/c1-13-11-16(19)8-7-14(13)9-10-21-18(22)17(12-20)15-5-3-2-4-6-15/h2-8,11,17H,9-10,12,20H2,1H3,(H,21,22). The third-order valence-electron chi connectivity index (χ3n) is 3.75. The molecule has 1 amide bonds. The molecule has 1 unspecified atom stereocenters. The summed E-state index contributed by atoms with van der Waals surface area (Å²) in [5, 5.41) is 2.91. The molecule has 0 bridgehead atoms. The number of halogens is 1. The Morgan fingerprint density at radius 1 is 1.23 bits per heavy atom. The van der Waals surface area contributed by atoms with Gasteiger partial charge in [-0.2, -0.15) is 0 Å². The lowest BCUT2D eigenvalue weighted by molar-refractivity contribution is -0.122. The van der Waals surface area contributed by atoms with E-state index < -0.39 is 0 Å². The lowest BCUT2D eigenvalue weighted by Crippen LogP contribution is -2.34. The van der Waals surface area contributed by atoms with Gasteiger partial charge in [-0.1, -0.05) is 36.4 Å². The smallest absolute Gasteiger partial charge is 0.228 e. The number of carbonyl (C=O) groups is 1. The van der Waals surface area contributed by atoms with E-state index in [2.05, 4.69) is 5.32 Å². The van der Waals surface area contributed by atoms with Crippen LogP contribution in [-0.2, 0) is 11.2 Å². The first kappa shape index (κ1) is 16.2. The van der Waals surface area contributed by atoms with Crippen molar-refractivity contribution in [1.82, 2.24) is 5.32 Å². The van der Waals surface area contributed by atoms with Crippen LogP contribution in [0, 0.1) is 12.7 Å². The highest BCUT2D eigenvalue weighted by Gasteiger charge is 2.18. The highest BCUT2D eigenvalue weighted by molar-refractivity contribution is 5.83. The van der Waals surface area contributed by atoms with E-state index in [0.717, 1.165) is 16.7 Å². The predicted molar refractivity (Wildman–Crippen MR) is 86.1 cm³/mol. The summed E-state index contributed by atoms with van der Waals surface area (Å²) in [7, 11) is 0. The van der Waals surface area contributed by atoms with E-state index in [-0.39, 0.29) is 24.2 Å². The second-order valence-electron chi connectivity index (χ2n) is 5.31. The van der Waals surface area contributed by atoms with Crippen LogP contribution in [0.15, 0.2) is 48.5 Å². The molecule has 4 heteroatoms. The van der Waals surface area contributed by atoms with Crippen molar-refractivity contribution in [3.05, 3.63) is 71.0 Å². The quantitative estimate of drug-likeness (QED) is 0.861.